The minimum Gasteiger partial charge on any atom is -0.497 e. The molecule has 1 aromatic heterocycles. The number of fused-ring (bicyclic) bond motifs is 1. The molecule has 1 aliphatic heterocycles. The second-order valence-corrected chi connectivity index (χ2v) is 9.68. The van der Waals surface area contributed by atoms with Crippen LogP contribution in [0.1, 0.15) is 18.8 Å². The van der Waals surface area contributed by atoms with E-state index in [0.717, 1.165) is 48.2 Å². The van der Waals surface area contributed by atoms with Crippen LogP contribution < -0.4 is 10.3 Å². The standard InChI is InChI=1S/C23H28N4O2S2/c1-16(22-24-21-10-9-19(30-4)15-20(21)23(28)25(22)2)26-11-13-27(14-12-26)31-18-7-5-17(29-3)6-8-18/h5-10,15-16H,11-14H2,1-4H3. The first-order chi connectivity index (χ1) is 15.0. The Hall–Kier alpha value is -2.00. The fourth-order valence-electron chi connectivity index (χ4n) is 3.90. The van der Waals surface area contributed by atoms with Crippen molar-refractivity contribution in [3.63, 3.8) is 0 Å². The van der Waals surface area contributed by atoms with Crippen LogP contribution in [0.5, 0.6) is 5.75 Å². The van der Waals surface area contributed by atoms with Crippen LogP contribution in [-0.2, 0) is 7.05 Å². The van der Waals surface area contributed by atoms with Gasteiger partial charge in [0.2, 0.25) is 0 Å². The predicted octanol–water partition coefficient (Wildman–Crippen LogP) is 4.05. The van der Waals surface area contributed by atoms with E-state index in [-0.39, 0.29) is 11.6 Å². The molecule has 0 bridgehead atoms. The van der Waals surface area contributed by atoms with Crippen LogP contribution in [-0.4, -0.2) is 58.3 Å². The summed E-state index contributed by atoms with van der Waals surface area (Å²) in [5.74, 6) is 1.70. The van der Waals surface area contributed by atoms with E-state index >= 15 is 0 Å². The van der Waals surface area contributed by atoms with Gasteiger partial charge in [-0.3, -0.25) is 14.3 Å². The van der Waals surface area contributed by atoms with E-state index in [2.05, 4.69) is 28.3 Å². The maximum atomic E-state index is 13.0. The Morgan fingerprint density at radius 1 is 1.03 bits per heavy atom. The summed E-state index contributed by atoms with van der Waals surface area (Å²) >= 11 is 3.42. The van der Waals surface area contributed by atoms with E-state index in [0.29, 0.717) is 5.39 Å². The maximum absolute atomic E-state index is 13.0. The smallest absolute Gasteiger partial charge is 0.261 e. The third kappa shape index (κ3) is 4.77. The molecule has 0 spiro atoms. The summed E-state index contributed by atoms with van der Waals surface area (Å²) in [5, 5.41) is 0.686. The molecule has 3 aromatic rings. The topological polar surface area (TPSA) is 50.6 Å². The molecule has 8 heteroatoms. The van der Waals surface area contributed by atoms with E-state index in [4.69, 9.17) is 9.72 Å². The summed E-state index contributed by atoms with van der Waals surface area (Å²) in [6, 6.07) is 14.2. The van der Waals surface area contributed by atoms with Gasteiger partial charge in [-0.05, 0) is 67.6 Å². The number of hydrogen-bond donors (Lipinski definition) is 0. The molecule has 4 rings (SSSR count). The zero-order chi connectivity index (χ0) is 22.0. The normalized spacial score (nSPS) is 16.5. The summed E-state index contributed by atoms with van der Waals surface area (Å²) in [4.78, 5) is 22.6. The van der Waals surface area contributed by atoms with Crippen LogP contribution in [0, 0.1) is 0 Å². The lowest BCUT2D eigenvalue weighted by Crippen LogP contribution is -2.45. The van der Waals surface area contributed by atoms with Crippen LogP contribution in [0.4, 0.5) is 0 Å². The van der Waals surface area contributed by atoms with Gasteiger partial charge in [-0.15, -0.1) is 11.8 Å². The molecule has 31 heavy (non-hydrogen) atoms. The number of piperazine rings is 1. The van der Waals surface area contributed by atoms with Crippen molar-refractivity contribution >= 4 is 34.6 Å². The van der Waals surface area contributed by atoms with Crippen molar-refractivity contribution in [2.24, 2.45) is 7.05 Å². The lowest BCUT2D eigenvalue weighted by Gasteiger charge is -2.37. The molecular formula is C23H28N4O2S2. The zero-order valence-corrected chi connectivity index (χ0v) is 20.0. The summed E-state index contributed by atoms with van der Waals surface area (Å²) in [5.41, 5.74) is 0.799. The number of hydrogen-bond acceptors (Lipinski definition) is 7. The van der Waals surface area contributed by atoms with E-state index < -0.39 is 0 Å². The van der Waals surface area contributed by atoms with Crippen LogP contribution in [0.25, 0.3) is 10.9 Å². The van der Waals surface area contributed by atoms with Crippen molar-refractivity contribution in [1.82, 2.24) is 18.8 Å². The average Bonchev–Trinajstić information content (AvgIpc) is 2.81. The Labute approximate surface area is 191 Å². The predicted molar refractivity (Wildman–Crippen MR) is 129 cm³/mol. The second-order valence-electron chi connectivity index (χ2n) is 7.63. The molecule has 2 aromatic carbocycles. The Morgan fingerprint density at radius 3 is 2.35 bits per heavy atom. The second kappa shape index (κ2) is 9.65. The third-order valence-electron chi connectivity index (χ3n) is 5.81. The maximum Gasteiger partial charge on any atom is 0.261 e. The van der Waals surface area contributed by atoms with Crippen LogP contribution in [0.3, 0.4) is 0 Å². The first-order valence-electron chi connectivity index (χ1n) is 10.4. The molecule has 0 saturated carbocycles. The number of methoxy groups -OCH3 is 1. The molecule has 6 nitrogen and oxygen atoms in total. The average molecular weight is 457 g/mol. The van der Waals surface area contributed by atoms with Gasteiger partial charge in [0.25, 0.3) is 5.56 Å². The van der Waals surface area contributed by atoms with E-state index in [1.54, 1.807) is 35.4 Å². The number of aromatic nitrogens is 2. The van der Waals surface area contributed by atoms with Crippen molar-refractivity contribution in [3.05, 3.63) is 58.6 Å². The molecule has 0 aliphatic carbocycles. The molecular weight excluding hydrogens is 428 g/mol. The van der Waals surface area contributed by atoms with Crippen molar-refractivity contribution in [2.45, 2.75) is 22.8 Å². The van der Waals surface area contributed by atoms with Gasteiger partial charge >= 0.3 is 0 Å². The molecule has 0 amide bonds. The SMILES string of the molecule is COc1ccc(SN2CCN(C(C)c3nc4ccc(SC)cc4c(=O)n3C)CC2)cc1. The number of nitrogens with zero attached hydrogens (tertiary/aromatic N) is 4. The fourth-order valence-corrected chi connectivity index (χ4v) is 5.24. The van der Waals surface area contributed by atoms with Crippen LogP contribution >= 0.6 is 23.7 Å². The van der Waals surface area contributed by atoms with Gasteiger partial charge in [-0.2, -0.15) is 0 Å². The van der Waals surface area contributed by atoms with Gasteiger partial charge in [0.15, 0.2) is 0 Å². The minimum atomic E-state index is 0.0245. The van der Waals surface area contributed by atoms with Crippen molar-refractivity contribution in [3.8, 4) is 5.75 Å². The third-order valence-corrected chi connectivity index (χ3v) is 7.64. The van der Waals surface area contributed by atoms with Gasteiger partial charge in [0.05, 0.1) is 24.1 Å². The number of benzene rings is 2. The van der Waals surface area contributed by atoms with Crippen molar-refractivity contribution in [2.75, 3.05) is 39.5 Å². The number of rotatable bonds is 6. The summed E-state index contributed by atoms with van der Waals surface area (Å²) in [6.07, 6.45) is 2.02. The minimum absolute atomic E-state index is 0.0245. The fraction of sp³-hybridized carbons (Fsp3) is 0.391. The van der Waals surface area contributed by atoms with E-state index in [9.17, 15) is 4.79 Å². The zero-order valence-electron chi connectivity index (χ0n) is 18.4. The Bertz CT molecular complexity index is 1110. The quantitative estimate of drug-likeness (QED) is 0.410. The molecule has 1 atom stereocenters. The van der Waals surface area contributed by atoms with Crippen molar-refractivity contribution < 1.29 is 4.74 Å². The highest BCUT2D eigenvalue weighted by Gasteiger charge is 2.25. The van der Waals surface area contributed by atoms with Gasteiger partial charge < -0.3 is 4.74 Å². The highest BCUT2D eigenvalue weighted by Crippen LogP contribution is 2.28. The Kier molecular flexibility index (Phi) is 6.91. The summed E-state index contributed by atoms with van der Waals surface area (Å²) in [6.45, 7) is 5.93. The van der Waals surface area contributed by atoms with Crippen LogP contribution in [0.2, 0.25) is 0 Å². The van der Waals surface area contributed by atoms with Crippen LogP contribution in [0.15, 0.2) is 57.1 Å². The molecule has 0 radical (unpaired) electrons. The summed E-state index contributed by atoms with van der Waals surface area (Å²) in [7, 11) is 3.52. The monoisotopic (exact) mass is 456 g/mol. The van der Waals surface area contributed by atoms with Gasteiger partial charge in [-0.25, -0.2) is 9.29 Å². The molecule has 1 unspecified atom stereocenters. The van der Waals surface area contributed by atoms with E-state index in [1.165, 1.54) is 4.90 Å². The highest BCUT2D eigenvalue weighted by molar-refractivity contribution is 7.98. The Balaban J connectivity index is 1.45. The lowest BCUT2D eigenvalue weighted by molar-refractivity contribution is 0.144. The molecule has 1 saturated heterocycles. The van der Waals surface area contributed by atoms with E-state index in [1.807, 2.05) is 43.6 Å². The van der Waals surface area contributed by atoms with Gasteiger partial charge in [-0.1, -0.05) is 0 Å². The molecule has 1 aliphatic rings. The largest absolute Gasteiger partial charge is 0.497 e. The Morgan fingerprint density at radius 2 is 1.71 bits per heavy atom. The molecule has 164 valence electrons. The molecule has 0 N–H and O–H groups in total. The number of ether oxygens (including phenoxy) is 1. The lowest BCUT2D eigenvalue weighted by atomic mass is 10.2. The number of thioether (sulfide) groups is 1. The molecule has 2 heterocycles. The van der Waals surface area contributed by atoms with Gasteiger partial charge in [0.1, 0.15) is 11.6 Å². The summed E-state index contributed by atoms with van der Waals surface area (Å²) < 4.78 is 9.35. The molecule has 1 fully saturated rings. The first-order valence-corrected chi connectivity index (χ1v) is 12.4. The van der Waals surface area contributed by atoms with Gasteiger partial charge in [0, 0.05) is 43.0 Å². The first kappa shape index (κ1) is 22.2. The van der Waals surface area contributed by atoms with Crippen molar-refractivity contribution in [1.29, 1.82) is 0 Å². The highest BCUT2D eigenvalue weighted by atomic mass is 32.2.